The smallest absolute Gasteiger partial charge is 0.180 e. The van der Waals surface area contributed by atoms with Gasteiger partial charge in [0.2, 0.25) is 0 Å². The van der Waals surface area contributed by atoms with E-state index in [1.807, 2.05) is 6.92 Å². The summed E-state index contributed by atoms with van der Waals surface area (Å²) in [6.07, 6.45) is 0.874. The summed E-state index contributed by atoms with van der Waals surface area (Å²) in [6, 6.07) is 4.75. The third kappa shape index (κ3) is 1.42. The Bertz CT molecular complexity index is 233. The standard InChI is InChI=1S/C8H8ClO/c1-2-6-3-4-7(10)5-8(6)9/h3-5H,2H2,1H3. The number of halogens is 1. The minimum absolute atomic E-state index is 0.0257. The van der Waals surface area contributed by atoms with Crippen LogP contribution in [0.1, 0.15) is 12.5 Å². The molecule has 0 unspecified atom stereocenters. The van der Waals surface area contributed by atoms with Crippen LogP contribution in [-0.2, 0) is 11.5 Å². The first-order valence-corrected chi connectivity index (χ1v) is 3.57. The van der Waals surface area contributed by atoms with Crippen LogP contribution < -0.4 is 0 Å². The van der Waals surface area contributed by atoms with E-state index in [4.69, 9.17) is 11.6 Å². The van der Waals surface area contributed by atoms with Crippen molar-refractivity contribution in [3.63, 3.8) is 0 Å². The normalized spacial score (nSPS) is 9.80. The van der Waals surface area contributed by atoms with E-state index in [9.17, 15) is 5.11 Å². The maximum atomic E-state index is 10.7. The molecule has 0 atom stereocenters. The minimum Gasteiger partial charge on any atom is -0.290 e. The van der Waals surface area contributed by atoms with Crippen molar-refractivity contribution in [2.75, 3.05) is 0 Å². The molecule has 0 saturated carbocycles. The van der Waals surface area contributed by atoms with Gasteiger partial charge in [-0.05, 0) is 18.1 Å². The van der Waals surface area contributed by atoms with Gasteiger partial charge >= 0.3 is 0 Å². The molecule has 0 fully saturated rings. The molecule has 0 amide bonds. The van der Waals surface area contributed by atoms with Gasteiger partial charge < -0.3 is 0 Å². The van der Waals surface area contributed by atoms with Gasteiger partial charge in [-0.25, -0.2) is 0 Å². The maximum Gasteiger partial charge on any atom is 0.180 e. The highest BCUT2D eigenvalue weighted by atomic mass is 35.5. The molecule has 1 radical (unpaired) electrons. The van der Waals surface area contributed by atoms with Gasteiger partial charge in [0.1, 0.15) is 0 Å². The molecule has 10 heavy (non-hydrogen) atoms. The zero-order valence-electron chi connectivity index (χ0n) is 5.73. The highest BCUT2D eigenvalue weighted by molar-refractivity contribution is 6.31. The number of hydrogen-bond acceptors (Lipinski definition) is 0. The molecule has 1 aromatic carbocycles. The highest BCUT2D eigenvalue weighted by Crippen LogP contribution is 2.21. The van der Waals surface area contributed by atoms with Crippen LogP contribution in [0.15, 0.2) is 18.2 Å². The molecule has 1 aromatic rings. The summed E-state index contributed by atoms with van der Waals surface area (Å²) in [5.74, 6) is -0.0257. The van der Waals surface area contributed by atoms with E-state index in [0.717, 1.165) is 12.0 Å². The predicted octanol–water partition coefficient (Wildman–Crippen LogP) is 3.05. The summed E-state index contributed by atoms with van der Waals surface area (Å²) in [5.41, 5.74) is 1.03. The Morgan fingerprint density at radius 3 is 2.70 bits per heavy atom. The molecular weight excluding hydrogens is 148 g/mol. The van der Waals surface area contributed by atoms with Gasteiger partial charge in [0, 0.05) is 11.1 Å². The Balaban J connectivity index is 3.07. The average Bonchev–Trinajstić information content (AvgIpc) is 1.88. The monoisotopic (exact) mass is 155 g/mol. The van der Waals surface area contributed by atoms with E-state index in [1.54, 1.807) is 6.07 Å². The van der Waals surface area contributed by atoms with Crippen molar-refractivity contribution in [2.24, 2.45) is 0 Å². The average molecular weight is 156 g/mol. The summed E-state index contributed by atoms with van der Waals surface area (Å²) in [4.78, 5) is 0. The molecule has 0 aliphatic carbocycles. The van der Waals surface area contributed by atoms with Crippen LogP contribution in [-0.4, -0.2) is 0 Å². The molecule has 1 nitrogen and oxygen atoms in total. The Kier molecular flexibility index (Phi) is 2.17. The zero-order valence-corrected chi connectivity index (χ0v) is 6.48. The second-order valence-electron chi connectivity index (χ2n) is 2.11. The zero-order chi connectivity index (χ0) is 7.56. The lowest BCUT2D eigenvalue weighted by molar-refractivity contribution is 0.355. The first kappa shape index (κ1) is 7.42. The fourth-order valence-electron chi connectivity index (χ4n) is 0.815. The molecule has 0 aliphatic heterocycles. The van der Waals surface area contributed by atoms with Crippen LogP contribution >= 0.6 is 11.6 Å². The van der Waals surface area contributed by atoms with Gasteiger partial charge in [0.25, 0.3) is 0 Å². The molecule has 1 rings (SSSR count). The summed E-state index contributed by atoms with van der Waals surface area (Å²) >= 11 is 5.73. The lowest BCUT2D eigenvalue weighted by atomic mass is 10.2. The number of benzene rings is 1. The van der Waals surface area contributed by atoms with E-state index < -0.39 is 0 Å². The van der Waals surface area contributed by atoms with Gasteiger partial charge in [0.05, 0.1) is 0 Å². The quantitative estimate of drug-likeness (QED) is 0.594. The van der Waals surface area contributed by atoms with Crippen LogP contribution in [0.25, 0.3) is 0 Å². The summed E-state index contributed by atoms with van der Waals surface area (Å²) in [6.45, 7) is 2.01. The molecule has 0 saturated heterocycles. The van der Waals surface area contributed by atoms with Crippen LogP contribution in [0, 0.1) is 0 Å². The van der Waals surface area contributed by atoms with Gasteiger partial charge in [-0.2, -0.15) is 0 Å². The number of rotatable bonds is 1. The van der Waals surface area contributed by atoms with Crippen molar-refractivity contribution in [1.82, 2.24) is 0 Å². The lowest BCUT2D eigenvalue weighted by Crippen LogP contribution is -1.79. The van der Waals surface area contributed by atoms with Gasteiger partial charge in [-0.3, -0.25) is 5.11 Å². The third-order valence-corrected chi connectivity index (χ3v) is 1.76. The molecule has 0 N–H and O–H groups in total. The molecule has 0 spiro atoms. The van der Waals surface area contributed by atoms with Crippen LogP contribution in [0.3, 0.4) is 0 Å². The predicted molar refractivity (Wildman–Crippen MR) is 41.0 cm³/mol. The van der Waals surface area contributed by atoms with E-state index >= 15 is 0 Å². The largest absolute Gasteiger partial charge is 0.290 e. The maximum absolute atomic E-state index is 10.7. The second kappa shape index (κ2) is 2.93. The van der Waals surface area contributed by atoms with E-state index in [2.05, 4.69) is 0 Å². The van der Waals surface area contributed by atoms with E-state index in [1.165, 1.54) is 12.1 Å². The van der Waals surface area contributed by atoms with Crippen molar-refractivity contribution >= 4 is 11.6 Å². The molecule has 0 aliphatic rings. The third-order valence-electron chi connectivity index (χ3n) is 1.41. The van der Waals surface area contributed by atoms with Gasteiger partial charge in [-0.15, -0.1) is 0 Å². The lowest BCUT2D eigenvalue weighted by Gasteiger charge is -1.97. The van der Waals surface area contributed by atoms with Gasteiger partial charge in [0.15, 0.2) is 5.75 Å². The minimum atomic E-state index is -0.0257. The van der Waals surface area contributed by atoms with Crippen LogP contribution in [0.5, 0.6) is 5.75 Å². The first-order valence-electron chi connectivity index (χ1n) is 3.19. The summed E-state index contributed by atoms with van der Waals surface area (Å²) in [7, 11) is 0. The molecule has 0 bridgehead atoms. The first-order chi connectivity index (χ1) is 4.74. The molecule has 2 heteroatoms. The number of hydrogen-bond donors (Lipinski definition) is 0. The fourth-order valence-corrected chi connectivity index (χ4v) is 1.12. The molecule has 0 heterocycles. The molecule has 53 valence electrons. The van der Waals surface area contributed by atoms with Crippen molar-refractivity contribution < 1.29 is 5.11 Å². The fraction of sp³-hybridized carbons (Fsp3) is 0.250. The Labute approximate surface area is 65.3 Å². The Morgan fingerprint density at radius 1 is 1.50 bits per heavy atom. The van der Waals surface area contributed by atoms with Crippen molar-refractivity contribution in [2.45, 2.75) is 13.3 Å². The van der Waals surface area contributed by atoms with Crippen LogP contribution in [0.2, 0.25) is 5.02 Å². The topological polar surface area (TPSA) is 19.9 Å². The van der Waals surface area contributed by atoms with Gasteiger partial charge in [-0.1, -0.05) is 24.6 Å². The van der Waals surface area contributed by atoms with Crippen molar-refractivity contribution in [3.05, 3.63) is 28.8 Å². The second-order valence-corrected chi connectivity index (χ2v) is 2.51. The van der Waals surface area contributed by atoms with Crippen molar-refractivity contribution in [1.29, 1.82) is 0 Å². The molecule has 0 aromatic heterocycles. The Hall–Kier alpha value is -0.690. The summed E-state index contributed by atoms with van der Waals surface area (Å²) < 4.78 is 0. The van der Waals surface area contributed by atoms with Crippen molar-refractivity contribution in [3.8, 4) is 5.75 Å². The highest BCUT2D eigenvalue weighted by Gasteiger charge is 1.98. The van der Waals surface area contributed by atoms with Crippen LogP contribution in [0.4, 0.5) is 0 Å². The SMILES string of the molecule is CCc1ccc([O])cc1Cl. The summed E-state index contributed by atoms with van der Waals surface area (Å²) in [5, 5.41) is 11.3. The van der Waals surface area contributed by atoms with E-state index in [-0.39, 0.29) is 5.75 Å². The van der Waals surface area contributed by atoms with E-state index in [0.29, 0.717) is 5.02 Å². The number of aryl methyl sites for hydroxylation is 1. The Morgan fingerprint density at radius 2 is 2.20 bits per heavy atom. The molecular formula is C8H8ClO.